The van der Waals surface area contributed by atoms with Gasteiger partial charge < -0.3 is 19.5 Å². The van der Waals surface area contributed by atoms with E-state index < -0.39 is 10.5 Å². The molecule has 2 atom stereocenters. The van der Waals surface area contributed by atoms with E-state index in [2.05, 4.69) is 5.32 Å². The lowest BCUT2D eigenvalue weighted by Gasteiger charge is -2.29. The quantitative estimate of drug-likeness (QED) is 0.481. The molecule has 1 unspecified atom stereocenters. The number of epoxide rings is 1. The van der Waals surface area contributed by atoms with Crippen LogP contribution in [0.25, 0.3) is 0 Å². The number of nitro groups is 1. The van der Waals surface area contributed by atoms with Gasteiger partial charge in [0.2, 0.25) is 5.91 Å². The minimum absolute atomic E-state index is 0.0876. The van der Waals surface area contributed by atoms with Crippen LogP contribution in [-0.4, -0.2) is 29.6 Å². The maximum Gasteiger partial charge on any atom is 0.296 e. The number of rotatable bonds is 5. The Morgan fingerprint density at radius 3 is 2.64 bits per heavy atom. The average molecular weight is 384 g/mol. The monoisotopic (exact) mass is 384 g/mol. The Kier molecular flexibility index (Phi) is 4.23. The lowest BCUT2D eigenvalue weighted by molar-refractivity contribution is -0.384. The Bertz CT molecular complexity index is 954. The van der Waals surface area contributed by atoms with Crippen molar-refractivity contribution in [1.82, 2.24) is 0 Å². The van der Waals surface area contributed by atoms with Crippen molar-refractivity contribution in [1.29, 1.82) is 0 Å². The molecular formula is C20H20N2O6. The zero-order valence-electron chi connectivity index (χ0n) is 15.7. The molecule has 1 fully saturated rings. The predicted molar refractivity (Wildman–Crippen MR) is 101 cm³/mol. The Morgan fingerprint density at radius 1 is 1.29 bits per heavy atom. The summed E-state index contributed by atoms with van der Waals surface area (Å²) in [6.07, 6.45) is -0.175. The molecule has 1 saturated heterocycles. The molecule has 0 bridgehead atoms. The number of nitro benzene ring substituents is 1. The fourth-order valence-electron chi connectivity index (χ4n) is 3.49. The predicted octanol–water partition coefficient (Wildman–Crippen LogP) is 3.40. The summed E-state index contributed by atoms with van der Waals surface area (Å²) in [6.45, 7) is 3.77. The van der Waals surface area contributed by atoms with Gasteiger partial charge >= 0.3 is 0 Å². The first-order valence-electron chi connectivity index (χ1n) is 8.88. The fourth-order valence-corrected chi connectivity index (χ4v) is 3.49. The van der Waals surface area contributed by atoms with Crippen LogP contribution in [0.1, 0.15) is 31.1 Å². The first-order valence-corrected chi connectivity index (χ1v) is 8.88. The normalized spacial score (nSPS) is 21.0. The van der Waals surface area contributed by atoms with Crippen LogP contribution in [0, 0.1) is 10.1 Å². The Balaban J connectivity index is 1.58. The molecule has 28 heavy (non-hydrogen) atoms. The third kappa shape index (κ3) is 3.27. The molecule has 0 aliphatic carbocycles. The smallest absolute Gasteiger partial charge is 0.296 e. The van der Waals surface area contributed by atoms with Crippen molar-refractivity contribution in [3.05, 3.63) is 57.6 Å². The van der Waals surface area contributed by atoms with Gasteiger partial charge in [-0.2, -0.15) is 0 Å². The van der Waals surface area contributed by atoms with Crippen LogP contribution in [0.2, 0.25) is 0 Å². The third-order valence-electron chi connectivity index (χ3n) is 4.98. The second-order valence-electron chi connectivity index (χ2n) is 7.42. The van der Waals surface area contributed by atoms with E-state index in [9.17, 15) is 14.9 Å². The highest BCUT2D eigenvalue weighted by Gasteiger charge is 2.57. The molecule has 8 heteroatoms. The van der Waals surface area contributed by atoms with Crippen LogP contribution >= 0.6 is 0 Å². The number of anilines is 1. The summed E-state index contributed by atoms with van der Waals surface area (Å²) in [4.78, 5) is 23.4. The maximum absolute atomic E-state index is 12.4. The van der Waals surface area contributed by atoms with Crippen molar-refractivity contribution in [2.24, 2.45) is 0 Å². The highest BCUT2D eigenvalue weighted by molar-refractivity contribution is 5.95. The molecule has 0 saturated carbocycles. The molecule has 146 valence electrons. The van der Waals surface area contributed by atoms with Gasteiger partial charge in [-0.05, 0) is 37.6 Å². The second kappa shape index (κ2) is 6.49. The van der Waals surface area contributed by atoms with Gasteiger partial charge in [0.25, 0.3) is 5.69 Å². The summed E-state index contributed by atoms with van der Waals surface area (Å²) in [5.41, 5.74) is 0.866. The molecule has 0 radical (unpaired) electrons. The summed E-state index contributed by atoms with van der Waals surface area (Å²) in [6, 6.07) is 10.0. The third-order valence-corrected chi connectivity index (χ3v) is 4.98. The number of carbonyl (C=O) groups excluding carboxylic acids is 1. The van der Waals surface area contributed by atoms with Gasteiger partial charge in [-0.1, -0.05) is 12.1 Å². The number of hydrogen-bond donors (Lipinski definition) is 1. The van der Waals surface area contributed by atoms with Crippen molar-refractivity contribution in [2.45, 2.75) is 38.1 Å². The molecular weight excluding hydrogens is 364 g/mol. The van der Waals surface area contributed by atoms with E-state index in [-0.39, 0.29) is 35.9 Å². The van der Waals surface area contributed by atoms with Gasteiger partial charge in [-0.15, -0.1) is 0 Å². The minimum Gasteiger partial charge on any atom is -0.497 e. The van der Waals surface area contributed by atoms with E-state index in [0.29, 0.717) is 11.5 Å². The Labute approximate surface area is 161 Å². The molecule has 0 spiro atoms. The summed E-state index contributed by atoms with van der Waals surface area (Å²) in [7, 11) is 1.57. The van der Waals surface area contributed by atoms with Crippen LogP contribution < -0.4 is 14.8 Å². The first kappa shape index (κ1) is 18.2. The molecule has 2 aliphatic heterocycles. The van der Waals surface area contributed by atoms with Crippen molar-refractivity contribution < 1.29 is 23.9 Å². The summed E-state index contributed by atoms with van der Waals surface area (Å²) < 4.78 is 16.7. The van der Waals surface area contributed by atoms with Crippen molar-refractivity contribution in [3.63, 3.8) is 0 Å². The number of amides is 1. The van der Waals surface area contributed by atoms with Crippen LogP contribution in [0.3, 0.4) is 0 Å². The van der Waals surface area contributed by atoms with Crippen LogP contribution in [0.4, 0.5) is 11.4 Å². The number of methoxy groups -OCH3 is 1. The van der Waals surface area contributed by atoms with E-state index in [1.807, 2.05) is 13.8 Å². The van der Waals surface area contributed by atoms with E-state index in [1.54, 1.807) is 37.4 Å². The maximum atomic E-state index is 12.4. The average Bonchev–Trinajstić information content (AvgIpc) is 3.44. The van der Waals surface area contributed by atoms with Gasteiger partial charge in [-0.3, -0.25) is 14.9 Å². The fraction of sp³-hybridized carbons (Fsp3) is 0.350. The van der Waals surface area contributed by atoms with Crippen molar-refractivity contribution in [2.75, 3.05) is 12.4 Å². The molecule has 1 amide bonds. The lowest BCUT2D eigenvalue weighted by atomic mass is 9.93. The van der Waals surface area contributed by atoms with Gasteiger partial charge in [0.15, 0.2) is 0 Å². The second-order valence-corrected chi connectivity index (χ2v) is 7.42. The zero-order valence-corrected chi connectivity index (χ0v) is 15.7. The number of hydrogen-bond acceptors (Lipinski definition) is 6. The Morgan fingerprint density at radius 2 is 2.00 bits per heavy atom. The van der Waals surface area contributed by atoms with Gasteiger partial charge in [-0.25, -0.2) is 0 Å². The standard InChI is InChI=1S/C20H20N2O6/c1-20(2)19-18(27-19)13-9-14(15(22(24)25)10-16(13)28-20)21-17(23)8-11-4-6-12(26-3)7-5-11/h4-7,9-10,18-19H,8H2,1-3H3,(H,21,23)/t18-,19?/m1/s1. The number of benzene rings is 2. The van der Waals surface area contributed by atoms with E-state index in [1.165, 1.54) is 6.07 Å². The molecule has 1 N–H and O–H groups in total. The summed E-state index contributed by atoms with van der Waals surface area (Å²) in [5, 5.41) is 14.2. The number of carbonyl (C=O) groups is 1. The summed E-state index contributed by atoms with van der Waals surface area (Å²) >= 11 is 0. The molecule has 2 aliphatic rings. The van der Waals surface area contributed by atoms with Gasteiger partial charge in [0.05, 0.1) is 24.5 Å². The largest absolute Gasteiger partial charge is 0.497 e. The first-order chi connectivity index (χ1) is 13.3. The number of ether oxygens (including phenoxy) is 3. The topological polar surface area (TPSA) is 103 Å². The number of nitrogens with one attached hydrogen (secondary N) is 1. The SMILES string of the molecule is COc1ccc(CC(=O)Nc2cc3c(cc2[N+](=O)[O-])OC(C)(C)C2O[C@H]32)cc1. The van der Waals surface area contributed by atoms with Crippen molar-refractivity contribution >= 4 is 17.3 Å². The van der Waals surface area contributed by atoms with Crippen molar-refractivity contribution in [3.8, 4) is 11.5 Å². The number of fused-ring (bicyclic) bond motifs is 3. The van der Waals surface area contributed by atoms with E-state index in [0.717, 1.165) is 11.1 Å². The van der Waals surface area contributed by atoms with Gasteiger partial charge in [0, 0.05) is 5.56 Å². The molecule has 2 heterocycles. The molecule has 0 aromatic heterocycles. The van der Waals surface area contributed by atoms with Gasteiger partial charge in [0.1, 0.15) is 35.0 Å². The minimum atomic E-state index is -0.551. The molecule has 2 aromatic carbocycles. The zero-order chi connectivity index (χ0) is 20.1. The Hall–Kier alpha value is -3.13. The highest BCUT2D eigenvalue weighted by Crippen LogP contribution is 2.55. The van der Waals surface area contributed by atoms with E-state index in [4.69, 9.17) is 14.2 Å². The van der Waals surface area contributed by atoms with Crippen LogP contribution in [-0.2, 0) is 16.0 Å². The molecule has 8 nitrogen and oxygen atoms in total. The molecule has 2 aromatic rings. The van der Waals surface area contributed by atoms with E-state index >= 15 is 0 Å². The molecule has 4 rings (SSSR count). The summed E-state index contributed by atoms with van der Waals surface area (Å²) in [5.74, 6) is 0.763. The number of nitrogens with zero attached hydrogens (tertiary/aromatic N) is 1. The van der Waals surface area contributed by atoms with Crippen LogP contribution in [0.5, 0.6) is 11.5 Å². The van der Waals surface area contributed by atoms with Crippen LogP contribution in [0.15, 0.2) is 36.4 Å². The lowest BCUT2D eigenvalue weighted by Crippen LogP contribution is -2.37. The highest BCUT2D eigenvalue weighted by atomic mass is 16.6.